The highest BCUT2D eigenvalue weighted by Crippen LogP contribution is 2.30. The Hall–Kier alpha value is -1.41. The van der Waals surface area contributed by atoms with Crippen LogP contribution in [0.5, 0.6) is 0 Å². The van der Waals surface area contributed by atoms with E-state index in [-0.39, 0.29) is 5.91 Å². The van der Waals surface area contributed by atoms with Gasteiger partial charge in [-0.15, -0.1) is 21.5 Å². The van der Waals surface area contributed by atoms with Crippen molar-refractivity contribution < 1.29 is 9.21 Å². The minimum atomic E-state index is 0.108. The Morgan fingerprint density at radius 1 is 1.16 bits per heavy atom. The van der Waals surface area contributed by atoms with Crippen LogP contribution in [0.3, 0.4) is 0 Å². The number of nitrogens with zero attached hydrogens (tertiary/aromatic N) is 4. The highest BCUT2D eigenvalue weighted by molar-refractivity contribution is 7.99. The van der Waals surface area contributed by atoms with Gasteiger partial charge in [0, 0.05) is 13.1 Å². The van der Waals surface area contributed by atoms with Gasteiger partial charge in [-0.3, -0.25) is 4.79 Å². The molecule has 138 valence electrons. The second-order valence-corrected chi connectivity index (χ2v) is 9.03. The summed E-state index contributed by atoms with van der Waals surface area (Å²) in [5.74, 6) is 1.78. The number of rotatable bonds is 8. The van der Waals surface area contributed by atoms with Gasteiger partial charge in [0.05, 0.1) is 16.5 Å². The molecule has 8 heteroatoms. The van der Waals surface area contributed by atoms with Gasteiger partial charge in [-0.1, -0.05) is 39.5 Å². The second-order valence-electron chi connectivity index (χ2n) is 6.90. The van der Waals surface area contributed by atoms with Crippen LogP contribution >= 0.6 is 23.1 Å². The minimum Gasteiger partial charge on any atom is -0.410 e. The number of carbonyl (C=O) groups excluding carboxylic acids is 1. The summed E-state index contributed by atoms with van der Waals surface area (Å²) in [4.78, 5) is 19.7. The van der Waals surface area contributed by atoms with E-state index >= 15 is 0 Å². The molecule has 0 spiro atoms. The van der Waals surface area contributed by atoms with Crippen molar-refractivity contribution in [2.45, 2.75) is 46.8 Å². The molecule has 0 saturated carbocycles. The van der Waals surface area contributed by atoms with E-state index in [4.69, 9.17) is 4.42 Å². The van der Waals surface area contributed by atoms with E-state index in [1.807, 2.05) is 18.7 Å². The lowest BCUT2D eigenvalue weighted by atomic mass is 10.1. The van der Waals surface area contributed by atoms with Crippen LogP contribution in [0.1, 0.15) is 38.4 Å². The first kappa shape index (κ1) is 19.9. The van der Waals surface area contributed by atoms with Crippen LogP contribution in [0.4, 0.5) is 0 Å². The topological polar surface area (TPSA) is 72.1 Å². The predicted molar refractivity (Wildman–Crippen MR) is 102 cm³/mol. The average molecular weight is 383 g/mol. The Kier molecular flexibility index (Phi) is 7.01. The lowest BCUT2D eigenvalue weighted by Crippen LogP contribution is -2.38. The van der Waals surface area contributed by atoms with Crippen molar-refractivity contribution in [1.82, 2.24) is 20.1 Å². The molecule has 2 aromatic rings. The Bertz CT molecular complexity index is 699. The molecule has 0 N–H and O–H groups in total. The van der Waals surface area contributed by atoms with E-state index in [1.165, 1.54) is 23.1 Å². The van der Waals surface area contributed by atoms with Crippen molar-refractivity contribution in [1.29, 1.82) is 0 Å². The summed E-state index contributed by atoms with van der Waals surface area (Å²) in [5.41, 5.74) is 0.888. The molecule has 0 aliphatic carbocycles. The molecular formula is C17H26N4O2S2. The lowest BCUT2D eigenvalue weighted by Gasteiger charge is -2.26. The molecule has 25 heavy (non-hydrogen) atoms. The van der Waals surface area contributed by atoms with Crippen molar-refractivity contribution >= 4 is 29.0 Å². The number of hydrogen-bond acceptors (Lipinski definition) is 7. The number of hydrogen-bond donors (Lipinski definition) is 0. The molecule has 0 aliphatic rings. The Morgan fingerprint density at radius 3 is 2.32 bits per heavy atom. The van der Waals surface area contributed by atoms with Crippen LogP contribution < -0.4 is 0 Å². The number of aromatic nitrogens is 3. The van der Waals surface area contributed by atoms with Crippen molar-refractivity contribution in [3.05, 3.63) is 10.7 Å². The fourth-order valence-electron chi connectivity index (χ4n) is 2.46. The third kappa shape index (κ3) is 5.81. The molecule has 0 aromatic carbocycles. The van der Waals surface area contributed by atoms with E-state index < -0.39 is 0 Å². The highest BCUT2D eigenvalue weighted by Gasteiger charge is 2.19. The zero-order valence-corrected chi connectivity index (χ0v) is 17.3. The summed E-state index contributed by atoms with van der Waals surface area (Å²) >= 11 is 2.82. The van der Waals surface area contributed by atoms with Gasteiger partial charge in [-0.05, 0) is 25.7 Å². The van der Waals surface area contributed by atoms with Gasteiger partial charge < -0.3 is 9.32 Å². The van der Waals surface area contributed by atoms with Crippen LogP contribution in [0.2, 0.25) is 0 Å². The maximum absolute atomic E-state index is 12.5. The lowest BCUT2D eigenvalue weighted by molar-refractivity contribution is -0.129. The predicted octanol–water partition coefficient (Wildman–Crippen LogP) is 4.04. The van der Waals surface area contributed by atoms with Crippen molar-refractivity contribution in [2.75, 3.05) is 18.8 Å². The Balaban J connectivity index is 1.98. The molecule has 6 nitrogen and oxygen atoms in total. The normalized spacial score (nSPS) is 11.5. The molecule has 0 atom stereocenters. The van der Waals surface area contributed by atoms with Gasteiger partial charge in [-0.2, -0.15) is 0 Å². The summed E-state index contributed by atoms with van der Waals surface area (Å²) in [6, 6.07) is 0. The quantitative estimate of drug-likeness (QED) is 0.642. The molecule has 0 saturated heterocycles. The maximum Gasteiger partial charge on any atom is 0.277 e. The fourth-order valence-corrected chi connectivity index (χ4v) is 3.97. The summed E-state index contributed by atoms with van der Waals surface area (Å²) in [5, 5.41) is 9.52. The Morgan fingerprint density at radius 2 is 1.80 bits per heavy atom. The number of thiazole rings is 1. The van der Waals surface area contributed by atoms with Gasteiger partial charge in [0.1, 0.15) is 4.88 Å². The number of amides is 1. The zero-order valence-electron chi connectivity index (χ0n) is 15.7. The molecule has 0 unspecified atom stereocenters. The number of aryl methyl sites for hydroxylation is 2. The highest BCUT2D eigenvalue weighted by atomic mass is 32.2. The van der Waals surface area contributed by atoms with Crippen LogP contribution in [-0.2, 0) is 4.79 Å². The molecule has 2 aromatic heterocycles. The SMILES string of the molecule is Cc1nc(C)c(-c2nnc(SCC(=O)N(CC(C)C)CC(C)C)o2)s1. The molecule has 1 amide bonds. The van der Waals surface area contributed by atoms with Gasteiger partial charge >= 0.3 is 0 Å². The van der Waals surface area contributed by atoms with Crippen molar-refractivity contribution in [3.8, 4) is 10.8 Å². The molecule has 0 radical (unpaired) electrons. The second kappa shape index (κ2) is 8.80. The number of thioether (sulfide) groups is 1. The van der Waals surface area contributed by atoms with Gasteiger partial charge in [0.15, 0.2) is 0 Å². The zero-order chi connectivity index (χ0) is 18.6. The van der Waals surface area contributed by atoms with E-state index in [2.05, 4.69) is 42.9 Å². The molecule has 0 bridgehead atoms. The maximum atomic E-state index is 12.5. The standard InChI is InChI=1S/C17H26N4O2S2/c1-10(2)7-21(8-11(3)4)14(22)9-24-17-20-19-16(23-17)15-12(5)18-13(6)25-15/h10-11H,7-9H2,1-6H3. The molecule has 0 aliphatic heterocycles. The van der Waals surface area contributed by atoms with E-state index in [1.54, 1.807) is 0 Å². The van der Waals surface area contributed by atoms with Crippen LogP contribution in [0, 0.1) is 25.7 Å². The molecular weight excluding hydrogens is 356 g/mol. The summed E-state index contributed by atoms with van der Waals surface area (Å²) in [6.07, 6.45) is 0. The third-order valence-corrected chi connectivity index (χ3v) is 5.21. The van der Waals surface area contributed by atoms with E-state index in [0.717, 1.165) is 28.7 Å². The smallest absolute Gasteiger partial charge is 0.277 e. The first-order chi connectivity index (χ1) is 11.8. The fraction of sp³-hybridized carbons (Fsp3) is 0.647. The third-order valence-electron chi connectivity index (χ3n) is 3.35. The van der Waals surface area contributed by atoms with Gasteiger partial charge in [0.25, 0.3) is 11.1 Å². The monoisotopic (exact) mass is 382 g/mol. The summed E-state index contributed by atoms with van der Waals surface area (Å²) < 4.78 is 5.70. The molecule has 2 rings (SSSR count). The van der Waals surface area contributed by atoms with Gasteiger partial charge in [0.2, 0.25) is 5.91 Å². The van der Waals surface area contributed by atoms with Crippen LogP contribution in [0.15, 0.2) is 9.64 Å². The van der Waals surface area contributed by atoms with Crippen molar-refractivity contribution in [2.24, 2.45) is 11.8 Å². The average Bonchev–Trinajstić information content (AvgIpc) is 3.09. The van der Waals surface area contributed by atoms with Crippen LogP contribution in [-0.4, -0.2) is 44.8 Å². The molecule has 0 fully saturated rings. The summed E-state index contributed by atoms with van der Waals surface area (Å²) in [6.45, 7) is 13.9. The first-order valence-electron chi connectivity index (χ1n) is 8.44. The van der Waals surface area contributed by atoms with E-state index in [9.17, 15) is 4.79 Å². The minimum absolute atomic E-state index is 0.108. The largest absolute Gasteiger partial charge is 0.410 e. The summed E-state index contributed by atoms with van der Waals surface area (Å²) in [7, 11) is 0. The molecule has 2 heterocycles. The Labute approximate surface area is 157 Å². The first-order valence-corrected chi connectivity index (χ1v) is 10.2. The number of carbonyl (C=O) groups is 1. The van der Waals surface area contributed by atoms with E-state index in [0.29, 0.717) is 28.7 Å². The van der Waals surface area contributed by atoms with Crippen molar-refractivity contribution in [3.63, 3.8) is 0 Å². The van der Waals surface area contributed by atoms with Gasteiger partial charge in [-0.25, -0.2) is 4.98 Å². The van der Waals surface area contributed by atoms with Crippen LogP contribution in [0.25, 0.3) is 10.8 Å².